The summed E-state index contributed by atoms with van der Waals surface area (Å²) in [7, 11) is 0. The molecule has 0 amide bonds. The molecule has 3 heterocycles. The number of fused-ring (bicyclic) bond motifs is 9. The maximum absolute atomic E-state index is 7.01. The third-order valence-electron chi connectivity index (χ3n) is 12.2. The lowest BCUT2D eigenvalue weighted by Gasteiger charge is -2.39. The summed E-state index contributed by atoms with van der Waals surface area (Å²) in [5.41, 5.74) is 15.1. The van der Waals surface area contributed by atoms with Gasteiger partial charge in [-0.25, -0.2) is 19.9 Å². The summed E-state index contributed by atoms with van der Waals surface area (Å²) in [6.07, 6.45) is 0. The van der Waals surface area contributed by atoms with Crippen LogP contribution in [-0.4, -0.2) is 19.9 Å². The van der Waals surface area contributed by atoms with Crippen molar-refractivity contribution in [1.29, 1.82) is 0 Å². The van der Waals surface area contributed by atoms with Gasteiger partial charge < -0.3 is 4.74 Å². The van der Waals surface area contributed by atoms with E-state index in [1.54, 1.807) is 0 Å². The quantitative estimate of drug-likeness (QED) is 0.168. The summed E-state index contributed by atoms with van der Waals surface area (Å²) < 4.78 is 7.01. The van der Waals surface area contributed by atoms with Crippen LogP contribution in [0.3, 0.4) is 0 Å². The van der Waals surface area contributed by atoms with Gasteiger partial charge in [0.15, 0.2) is 17.5 Å². The fourth-order valence-electron chi connectivity index (χ4n) is 9.47. The predicted molar refractivity (Wildman–Crippen MR) is 248 cm³/mol. The highest BCUT2D eigenvalue weighted by Crippen LogP contribution is 2.63. The molecule has 1 aliphatic heterocycles. The molecule has 0 saturated carbocycles. The molecule has 8 aromatic carbocycles. The van der Waals surface area contributed by atoms with Gasteiger partial charge in [-0.15, -0.1) is 0 Å². The second kappa shape index (κ2) is 14.5. The van der Waals surface area contributed by atoms with Crippen molar-refractivity contribution in [1.82, 2.24) is 19.9 Å². The summed E-state index contributed by atoms with van der Waals surface area (Å²) in [4.78, 5) is 20.8. The van der Waals surface area contributed by atoms with Crippen molar-refractivity contribution in [3.63, 3.8) is 0 Å². The number of hydrogen-bond donors (Lipinski definition) is 0. The van der Waals surface area contributed by atoms with Crippen LogP contribution in [0.2, 0.25) is 0 Å². The van der Waals surface area contributed by atoms with E-state index in [9.17, 15) is 0 Å². The minimum atomic E-state index is -0.603. The van der Waals surface area contributed by atoms with Crippen LogP contribution in [0.1, 0.15) is 22.3 Å². The lowest BCUT2D eigenvalue weighted by molar-refractivity contribution is 0.437. The molecular weight excluding hydrogens is 757 g/mol. The van der Waals surface area contributed by atoms with Crippen molar-refractivity contribution >= 4 is 0 Å². The molecule has 0 saturated heterocycles. The summed E-state index contributed by atoms with van der Waals surface area (Å²) in [5.74, 6) is 3.25. The number of aromatic nitrogens is 4. The Hall–Kier alpha value is -8.28. The lowest BCUT2D eigenvalue weighted by Crippen LogP contribution is -2.32. The molecule has 62 heavy (non-hydrogen) atoms. The van der Waals surface area contributed by atoms with E-state index in [0.29, 0.717) is 17.5 Å². The van der Waals surface area contributed by atoms with Crippen molar-refractivity contribution in [3.8, 4) is 90.4 Å². The molecule has 0 unspecified atom stereocenters. The van der Waals surface area contributed by atoms with Gasteiger partial charge in [0.05, 0.1) is 22.4 Å². The van der Waals surface area contributed by atoms with Crippen molar-refractivity contribution in [2.75, 3.05) is 0 Å². The summed E-state index contributed by atoms with van der Waals surface area (Å²) in [5, 5.41) is 0. The molecule has 0 radical (unpaired) electrons. The van der Waals surface area contributed by atoms with E-state index < -0.39 is 5.41 Å². The Bertz CT molecular complexity index is 3270. The third-order valence-corrected chi connectivity index (χ3v) is 12.2. The third kappa shape index (κ3) is 5.63. The lowest BCUT2D eigenvalue weighted by atomic mass is 9.66. The zero-order chi connectivity index (χ0) is 41.0. The molecule has 0 atom stereocenters. The first kappa shape index (κ1) is 35.6. The maximum atomic E-state index is 7.01. The first-order chi connectivity index (χ1) is 30.7. The second-order valence-electron chi connectivity index (χ2n) is 15.7. The van der Waals surface area contributed by atoms with E-state index in [-0.39, 0.29) is 0 Å². The average Bonchev–Trinajstić information content (AvgIpc) is 3.65. The number of nitrogens with zero attached hydrogens (tertiary/aromatic N) is 4. The summed E-state index contributed by atoms with van der Waals surface area (Å²) in [6.45, 7) is 0. The van der Waals surface area contributed by atoms with Crippen LogP contribution in [0.25, 0.3) is 78.9 Å². The Morgan fingerprint density at radius 2 is 0.774 bits per heavy atom. The van der Waals surface area contributed by atoms with E-state index in [2.05, 4.69) is 158 Å². The summed E-state index contributed by atoms with van der Waals surface area (Å²) >= 11 is 0. The molecule has 5 nitrogen and oxygen atoms in total. The number of benzene rings is 8. The van der Waals surface area contributed by atoms with Crippen LogP contribution in [-0.2, 0) is 5.41 Å². The van der Waals surface area contributed by atoms with Crippen molar-refractivity contribution in [2.45, 2.75) is 5.41 Å². The SMILES string of the molecule is c1ccc(-c2ccc(-c3ccc(-c4nc(-c5ccccc5)nc(-c5cccc6c5Oc5ccccc5C65c6ccccc6-c6ccccc65)n4)cc3)c(-c3ccccc3)n2)cc1. The van der Waals surface area contributed by atoms with E-state index >= 15 is 0 Å². The van der Waals surface area contributed by atoms with Crippen LogP contribution in [0.5, 0.6) is 11.5 Å². The molecule has 1 aliphatic carbocycles. The van der Waals surface area contributed by atoms with Gasteiger partial charge in [0, 0.05) is 38.9 Å². The first-order valence-electron chi connectivity index (χ1n) is 20.9. The number of hydrogen-bond acceptors (Lipinski definition) is 5. The van der Waals surface area contributed by atoms with E-state index in [4.69, 9.17) is 24.7 Å². The minimum absolute atomic E-state index is 0.538. The zero-order valence-electron chi connectivity index (χ0n) is 33.5. The van der Waals surface area contributed by atoms with Gasteiger partial charge in [-0.2, -0.15) is 0 Å². The smallest absolute Gasteiger partial charge is 0.167 e. The Labute approximate surface area is 359 Å². The zero-order valence-corrected chi connectivity index (χ0v) is 33.5. The monoisotopic (exact) mass is 792 g/mol. The van der Waals surface area contributed by atoms with Crippen LogP contribution in [0.4, 0.5) is 0 Å². The maximum Gasteiger partial charge on any atom is 0.167 e. The number of pyridine rings is 1. The van der Waals surface area contributed by atoms with Gasteiger partial charge in [-0.05, 0) is 46.0 Å². The highest BCUT2D eigenvalue weighted by molar-refractivity contribution is 5.90. The molecule has 0 N–H and O–H groups in total. The number of para-hydroxylation sites is 2. The molecule has 0 bridgehead atoms. The number of rotatable bonds is 6. The molecule has 290 valence electrons. The van der Waals surface area contributed by atoms with Crippen molar-refractivity contribution in [3.05, 3.63) is 241 Å². The van der Waals surface area contributed by atoms with Gasteiger partial charge in [0.1, 0.15) is 11.5 Å². The fraction of sp³-hybridized carbons (Fsp3) is 0.0175. The number of ether oxygens (including phenoxy) is 1. The molecule has 12 rings (SSSR count). The standard InChI is InChI=1S/C57H36N4O/c1-4-17-38(18-5-1)50-36-35-42(52(58-50)39-19-6-2-7-20-39)37-31-33-41(34-32-37)55-59-54(40-21-8-3-9-22-40)60-56(61-55)45-25-16-29-49-53(45)62-51-30-15-14-28-48(51)57(49)46-26-12-10-23-43(46)44-24-11-13-27-47(44)57/h1-36H. The average molecular weight is 793 g/mol. The molecule has 1 spiro atoms. The van der Waals surface area contributed by atoms with Crippen molar-refractivity contribution in [2.24, 2.45) is 0 Å². The molecule has 0 fully saturated rings. The van der Waals surface area contributed by atoms with E-state index in [1.165, 1.54) is 22.3 Å². The van der Waals surface area contributed by atoms with Gasteiger partial charge >= 0.3 is 0 Å². The fourth-order valence-corrected chi connectivity index (χ4v) is 9.47. The minimum Gasteiger partial charge on any atom is -0.456 e. The van der Waals surface area contributed by atoms with Crippen molar-refractivity contribution < 1.29 is 4.74 Å². The van der Waals surface area contributed by atoms with Gasteiger partial charge in [-0.1, -0.05) is 200 Å². The topological polar surface area (TPSA) is 60.8 Å². The Morgan fingerprint density at radius 3 is 1.44 bits per heavy atom. The van der Waals surface area contributed by atoms with Crippen LogP contribution in [0.15, 0.2) is 218 Å². The highest BCUT2D eigenvalue weighted by Gasteiger charge is 2.51. The Morgan fingerprint density at radius 1 is 0.290 bits per heavy atom. The van der Waals surface area contributed by atoms with Crippen LogP contribution < -0.4 is 4.74 Å². The Kier molecular flexibility index (Phi) is 8.32. The highest BCUT2D eigenvalue weighted by atomic mass is 16.5. The van der Waals surface area contributed by atoms with Crippen LogP contribution in [0, 0.1) is 0 Å². The Balaban J connectivity index is 1.02. The second-order valence-corrected chi connectivity index (χ2v) is 15.7. The van der Waals surface area contributed by atoms with E-state index in [1.807, 2.05) is 60.7 Å². The molecule has 10 aromatic rings. The van der Waals surface area contributed by atoms with Gasteiger partial charge in [0.25, 0.3) is 0 Å². The normalized spacial score (nSPS) is 12.8. The molecule has 5 heteroatoms. The summed E-state index contributed by atoms with van der Waals surface area (Å²) in [6, 6.07) is 75.9. The van der Waals surface area contributed by atoms with Gasteiger partial charge in [-0.3, -0.25) is 0 Å². The van der Waals surface area contributed by atoms with Gasteiger partial charge in [0.2, 0.25) is 0 Å². The largest absolute Gasteiger partial charge is 0.456 e. The van der Waals surface area contributed by atoms with E-state index in [0.717, 1.165) is 73.0 Å². The van der Waals surface area contributed by atoms with Crippen LogP contribution >= 0.6 is 0 Å². The molecule has 2 aliphatic rings. The first-order valence-corrected chi connectivity index (χ1v) is 20.9. The molecule has 2 aromatic heterocycles. The predicted octanol–water partition coefficient (Wildman–Crippen LogP) is 13.7. The molecular formula is C57H36N4O.